The summed E-state index contributed by atoms with van der Waals surface area (Å²) >= 11 is 0. The van der Waals surface area contributed by atoms with Crippen molar-refractivity contribution in [3.05, 3.63) is 11.8 Å². The topological polar surface area (TPSA) is 64.0 Å². The van der Waals surface area contributed by atoms with Crippen LogP contribution in [0, 0.1) is 0 Å². The van der Waals surface area contributed by atoms with E-state index in [4.69, 9.17) is 10.2 Å². The Hall–Kier alpha value is -1.07. The molecule has 90 valence electrons. The number of nitrogens with zero attached hydrogens (tertiary/aromatic N) is 2. The Labute approximate surface area is 95.0 Å². The summed E-state index contributed by atoms with van der Waals surface area (Å²) in [5.74, 6) is 0. The molecule has 5 heteroatoms. The largest absolute Gasteiger partial charge is 0.395 e. The second kappa shape index (κ2) is 4.84. The van der Waals surface area contributed by atoms with Crippen LogP contribution in [0.1, 0.15) is 19.3 Å². The summed E-state index contributed by atoms with van der Waals surface area (Å²) in [7, 11) is 0. The van der Waals surface area contributed by atoms with Gasteiger partial charge in [0.05, 0.1) is 25.8 Å². The van der Waals surface area contributed by atoms with Crippen LogP contribution in [0.25, 0.3) is 0 Å². The third kappa shape index (κ3) is 1.81. The standard InChI is InChI=1S/C11H18N2O3/c14-7-5-12-9-3-1-2-4-10(9)13(6-8-15)11(12)16/h3,10,14-15H,1-2,4-8H2. The molecule has 0 radical (unpaired) electrons. The van der Waals surface area contributed by atoms with Gasteiger partial charge in [-0.1, -0.05) is 6.08 Å². The Bertz CT molecular complexity index is 304. The number of fused-ring (bicyclic) bond motifs is 1. The molecule has 2 amide bonds. The maximum absolute atomic E-state index is 12.0. The average molecular weight is 226 g/mol. The van der Waals surface area contributed by atoms with Crippen molar-refractivity contribution in [1.29, 1.82) is 0 Å². The number of allylic oxidation sites excluding steroid dienone is 1. The first-order valence-corrected chi connectivity index (χ1v) is 5.79. The van der Waals surface area contributed by atoms with Crippen LogP contribution in [-0.2, 0) is 0 Å². The van der Waals surface area contributed by atoms with E-state index in [2.05, 4.69) is 6.08 Å². The molecule has 0 saturated carbocycles. The summed E-state index contributed by atoms with van der Waals surface area (Å²) in [6.07, 6.45) is 5.11. The van der Waals surface area contributed by atoms with Crippen molar-refractivity contribution in [2.24, 2.45) is 0 Å². The average Bonchev–Trinajstić information content (AvgIpc) is 2.56. The van der Waals surface area contributed by atoms with Crippen molar-refractivity contribution in [1.82, 2.24) is 9.80 Å². The molecule has 1 heterocycles. The molecule has 1 unspecified atom stereocenters. The molecule has 0 aromatic heterocycles. The fourth-order valence-electron chi connectivity index (χ4n) is 2.53. The number of aliphatic hydroxyl groups excluding tert-OH is 2. The maximum atomic E-state index is 12.0. The summed E-state index contributed by atoms with van der Waals surface area (Å²) < 4.78 is 0. The van der Waals surface area contributed by atoms with Crippen LogP contribution in [-0.4, -0.2) is 58.4 Å². The molecular weight excluding hydrogens is 208 g/mol. The lowest BCUT2D eigenvalue weighted by atomic mass is 9.99. The van der Waals surface area contributed by atoms with Gasteiger partial charge >= 0.3 is 6.03 Å². The molecule has 2 N–H and O–H groups in total. The van der Waals surface area contributed by atoms with E-state index in [9.17, 15) is 4.79 Å². The molecule has 0 spiro atoms. The van der Waals surface area contributed by atoms with Crippen molar-refractivity contribution >= 4 is 6.03 Å². The zero-order chi connectivity index (χ0) is 11.5. The molecule has 0 aromatic carbocycles. The van der Waals surface area contributed by atoms with Crippen LogP contribution in [0.3, 0.4) is 0 Å². The number of rotatable bonds is 4. The van der Waals surface area contributed by atoms with Crippen molar-refractivity contribution in [2.75, 3.05) is 26.3 Å². The van der Waals surface area contributed by atoms with Gasteiger partial charge in [0.25, 0.3) is 0 Å². The van der Waals surface area contributed by atoms with Crippen molar-refractivity contribution in [3.8, 4) is 0 Å². The summed E-state index contributed by atoms with van der Waals surface area (Å²) in [6.45, 7) is 0.692. The maximum Gasteiger partial charge on any atom is 0.325 e. The molecule has 5 nitrogen and oxygen atoms in total. The van der Waals surface area contributed by atoms with Crippen LogP contribution in [0.2, 0.25) is 0 Å². The van der Waals surface area contributed by atoms with Gasteiger partial charge in [-0.05, 0) is 19.3 Å². The summed E-state index contributed by atoms with van der Waals surface area (Å²) in [5.41, 5.74) is 1.01. The molecular formula is C11H18N2O3. The first kappa shape index (κ1) is 11.4. The Balaban J connectivity index is 2.21. The fraction of sp³-hybridized carbons (Fsp3) is 0.727. The van der Waals surface area contributed by atoms with Crippen molar-refractivity contribution < 1.29 is 15.0 Å². The molecule has 1 saturated heterocycles. The number of urea groups is 1. The molecule has 16 heavy (non-hydrogen) atoms. The van der Waals surface area contributed by atoms with Gasteiger partial charge in [0.1, 0.15) is 0 Å². The number of amides is 2. The Kier molecular flexibility index (Phi) is 3.46. The Morgan fingerprint density at radius 1 is 1.31 bits per heavy atom. The second-order valence-corrected chi connectivity index (χ2v) is 4.15. The third-order valence-electron chi connectivity index (χ3n) is 3.21. The molecule has 1 aliphatic heterocycles. The number of hydrogen-bond acceptors (Lipinski definition) is 3. The lowest BCUT2D eigenvalue weighted by Crippen LogP contribution is -2.37. The minimum atomic E-state index is -0.0822. The zero-order valence-electron chi connectivity index (χ0n) is 9.30. The van der Waals surface area contributed by atoms with E-state index in [1.165, 1.54) is 0 Å². The van der Waals surface area contributed by atoms with E-state index in [1.807, 2.05) is 0 Å². The molecule has 1 fully saturated rings. The van der Waals surface area contributed by atoms with Crippen LogP contribution >= 0.6 is 0 Å². The lowest BCUT2D eigenvalue weighted by Gasteiger charge is -2.24. The minimum absolute atomic E-state index is 0.0114. The summed E-state index contributed by atoms with van der Waals surface area (Å²) in [6, 6.07) is 0.0289. The van der Waals surface area contributed by atoms with E-state index < -0.39 is 0 Å². The van der Waals surface area contributed by atoms with Gasteiger partial charge in [-0.2, -0.15) is 0 Å². The summed E-state index contributed by atoms with van der Waals surface area (Å²) in [4.78, 5) is 15.4. The van der Waals surface area contributed by atoms with E-state index in [0.29, 0.717) is 13.1 Å². The van der Waals surface area contributed by atoms with Crippen LogP contribution in [0.15, 0.2) is 11.8 Å². The SMILES string of the molecule is O=C1N(CCO)C2=CCCCC2N1CCO. The molecule has 0 aromatic rings. The smallest absolute Gasteiger partial charge is 0.325 e. The van der Waals surface area contributed by atoms with Gasteiger partial charge in [0.15, 0.2) is 0 Å². The van der Waals surface area contributed by atoms with E-state index in [-0.39, 0.29) is 25.3 Å². The van der Waals surface area contributed by atoms with Gasteiger partial charge in [-0.3, -0.25) is 4.90 Å². The van der Waals surface area contributed by atoms with Crippen LogP contribution in [0.4, 0.5) is 4.79 Å². The lowest BCUT2D eigenvalue weighted by molar-refractivity contribution is 0.162. The number of aliphatic hydroxyl groups is 2. The number of β-amino-alcohol motifs (C(OH)–C–C–N with tert-alkyl or cyclic N) is 2. The molecule has 2 aliphatic rings. The van der Waals surface area contributed by atoms with Crippen LogP contribution in [0.5, 0.6) is 0 Å². The van der Waals surface area contributed by atoms with E-state index in [0.717, 1.165) is 25.0 Å². The number of carbonyl (C=O) groups excluding carboxylic acids is 1. The zero-order valence-corrected chi connectivity index (χ0v) is 9.30. The van der Waals surface area contributed by atoms with E-state index in [1.54, 1.807) is 9.80 Å². The highest BCUT2D eigenvalue weighted by molar-refractivity contribution is 5.81. The molecule has 0 bridgehead atoms. The second-order valence-electron chi connectivity index (χ2n) is 4.15. The van der Waals surface area contributed by atoms with Crippen LogP contribution < -0.4 is 0 Å². The Morgan fingerprint density at radius 2 is 2.06 bits per heavy atom. The predicted molar refractivity (Wildman–Crippen MR) is 58.7 cm³/mol. The van der Waals surface area contributed by atoms with Gasteiger partial charge in [-0.25, -0.2) is 4.79 Å². The molecule has 1 aliphatic carbocycles. The van der Waals surface area contributed by atoms with Gasteiger partial charge in [0.2, 0.25) is 0 Å². The quantitative estimate of drug-likeness (QED) is 0.717. The first-order valence-electron chi connectivity index (χ1n) is 5.79. The Morgan fingerprint density at radius 3 is 2.75 bits per heavy atom. The number of hydrogen-bond donors (Lipinski definition) is 2. The van der Waals surface area contributed by atoms with Gasteiger partial charge < -0.3 is 15.1 Å². The fourth-order valence-corrected chi connectivity index (χ4v) is 2.53. The van der Waals surface area contributed by atoms with E-state index >= 15 is 0 Å². The van der Waals surface area contributed by atoms with Gasteiger partial charge in [0, 0.05) is 12.2 Å². The molecule has 2 rings (SSSR count). The highest BCUT2D eigenvalue weighted by Gasteiger charge is 2.41. The highest BCUT2D eigenvalue weighted by Crippen LogP contribution is 2.33. The van der Waals surface area contributed by atoms with Crippen molar-refractivity contribution in [2.45, 2.75) is 25.3 Å². The third-order valence-corrected chi connectivity index (χ3v) is 3.21. The normalized spacial score (nSPS) is 24.8. The summed E-state index contributed by atoms with van der Waals surface area (Å²) in [5, 5.41) is 17.9. The van der Waals surface area contributed by atoms with Gasteiger partial charge in [-0.15, -0.1) is 0 Å². The first-order chi connectivity index (χ1) is 7.79. The molecule has 1 atom stereocenters. The monoisotopic (exact) mass is 226 g/mol. The highest BCUT2D eigenvalue weighted by atomic mass is 16.3. The predicted octanol–water partition coefficient (Wildman–Crippen LogP) is 0.145. The minimum Gasteiger partial charge on any atom is -0.395 e. The van der Waals surface area contributed by atoms with Crippen molar-refractivity contribution in [3.63, 3.8) is 0 Å². The number of carbonyl (C=O) groups is 1.